The number of thiazole rings is 1. The van der Waals surface area contributed by atoms with Crippen LogP contribution in [0.1, 0.15) is 29.1 Å². The van der Waals surface area contributed by atoms with Crippen LogP contribution in [-0.2, 0) is 0 Å². The highest BCUT2D eigenvalue weighted by Gasteiger charge is 2.17. The number of anilines is 1. The Labute approximate surface area is 174 Å². The smallest absolute Gasteiger partial charge is 0.261 e. The van der Waals surface area contributed by atoms with Crippen molar-refractivity contribution >= 4 is 22.4 Å². The highest BCUT2D eigenvalue weighted by molar-refractivity contribution is 7.16. The summed E-state index contributed by atoms with van der Waals surface area (Å²) < 4.78 is 16.4. The van der Waals surface area contributed by atoms with Crippen molar-refractivity contribution in [2.24, 2.45) is 0 Å². The Morgan fingerprint density at radius 2 is 1.76 bits per heavy atom. The molecular formula is C22H24N2O4S. The lowest BCUT2D eigenvalue weighted by atomic mass is 10.1. The number of nitrogens with zero attached hydrogens (tertiary/aromatic N) is 1. The molecular weight excluding hydrogens is 388 g/mol. The first-order valence-corrected chi connectivity index (χ1v) is 10.0. The van der Waals surface area contributed by atoms with Gasteiger partial charge in [-0.15, -0.1) is 11.3 Å². The molecule has 29 heavy (non-hydrogen) atoms. The van der Waals surface area contributed by atoms with Gasteiger partial charge < -0.3 is 14.2 Å². The summed E-state index contributed by atoms with van der Waals surface area (Å²) in [6.07, 6.45) is -0.0253. The van der Waals surface area contributed by atoms with Gasteiger partial charge in [-0.3, -0.25) is 10.1 Å². The minimum absolute atomic E-state index is 0.0253. The van der Waals surface area contributed by atoms with Crippen LogP contribution in [0.3, 0.4) is 0 Å². The number of aromatic nitrogens is 1. The van der Waals surface area contributed by atoms with Gasteiger partial charge in [0.1, 0.15) is 5.75 Å². The normalized spacial score (nSPS) is 10.7. The number of para-hydroxylation sites is 1. The predicted octanol–water partition coefficient (Wildman–Crippen LogP) is 5.18. The number of carbonyl (C=O) groups excluding carboxylic acids is 1. The Balaban J connectivity index is 1.86. The molecule has 0 aliphatic heterocycles. The number of nitrogens with one attached hydrogen (secondary N) is 1. The SMILES string of the molecule is COc1ccc(-c2nc(NC(=O)c3ccccc3OC(C)C)sc2C)cc1OC. The zero-order chi connectivity index (χ0) is 21.0. The summed E-state index contributed by atoms with van der Waals surface area (Å²) in [6.45, 7) is 5.82. The topological polar surface area (TPSA) is 69.7 Å². The molecule has 0 fully saturated rings. The molecule has 3 aromatic rings. The summed E-state index contributed by atoms with van der Waals surface area (Å²) in [7, 11) is 3.19. The number of ether oxygens (including phenoxy) is 3. The van der Waals surface area contributed by atoms with Gasteiger partial charge in [0.15, 0.2) is 16.6 Å². The maximum absolute atomic E-state index is 12.8. The van der Waals surface area contributed by atoms with Crippen molar-refractivity contribution < 1.29 is 19.0 Å². The molecule has 0 unspecified atom stereocenters. The van der Waals surface area contributed by atoms with Crippen LogP contribution >= 0.6 is 11.3 Å². The molecule has 7 heteroatoms. The lowest BCUT2D eigenvalue weighted by molar-refractivity contribution is 0.102. The van der Waals surface area contributed by atoms with Crippen LogP contribution < -0.4 is 19.5 Å². The number of benzene rings is 2. The minimum atomic E-state index is -0.256. The fourth-order valence-electron chi connectivity index (χ4n) is 2.88. The Hall–Kier alpha value is -3.06. The van der Waals surface area contributed by atoms with Crippen molar-refractivity contribution in [3.05, 3.63) is 52.9 Å². The molecule has 0 aliphatic rings. The number of carbonyl (C=O) groups is 1. The van der Waals surface area contributed by atoms with E-state index in [0.29, 0.717) is 27.9 Å². The quantitative estimate of drug-likeness (QED) is 0.579. The fourth-order valence-corrected chi connectivity index (χ4v) is 3.71. The van der Waals surface area contributed by atoms with Crippen LogP contribution in [-0.4, -0.2) is 31.2 Å². The minimum Gasteiger partial charge on any atom is -0.493 e. The van der Waals surface area contributed by atoms with Crippen molar-refractivity contribution in [2.45, 2.75) is 26.9 Å². The van der Waals surface area contributed by atoms with Crippen molar-refractivity contribution in [3.63, 3.8) is 0 Å². The average Bonchev–Trinajstić information content (AvgIpc) is 3.07. The van der Waals surface area contributed by atoms with E-state index >= 15 is 0 Å². The van der Waals surface area contributed by atoms with E-state index in [9.17, 15) is 4.79 Å². The van der Waals surface area contributed by atoms with E-state index in [1.165, 1.54) is 11.3 Å². The monoisotopic (exact) mass is 412 g/mol. The van der Waals surface area contributed by atoms with Crippen molar-refractivity contribution in [1.82, 2.24) is 4.98 Å². The van der Waals surface area contributed by atoms with Gasteiger partial charge in [0.05, 0.1) is 31.6 Å². The van der Waals surface area contributed by atoms with Crippen molar-refractivity contribution in [2.75, 3.05) is 19.5 Å². The maximum atomic E-state index is 12.8. The number of methoxy groups -OCH3 is 2. The Morgan fingerprint density at radius 3 is 2.45 bits per heavy atom. The number of aryl methyl sites for hydroxylation is 1. The molecule has 1 amide bonds. The first kappa shape index (κ1) is 20.7. The van der Waals surface area contributed by atoms with Gasteiger partial charge >= 0.3 is 0 Å². The average molecular weight is 413 g/mol. The summed E-state index contributed by atoms with van der Waals surface area (Å²) in [5.41, 5.74) is 2.15. The molecule has 0 aliphatic carbocycles. The molecule has 0 saturated carbocycles. The molecule has 0 bridgehead atoms. The summed E-state index contributed by atoms with van der Waals surface area (Å²) in [4.78, 5) is 18.4. The predicted molar refractivity (Wildman–Crippen MR) is 116 cm³/mol. The summed E-state index contributed by atoms with van der Waals surface area (Å²) in [5, 5.41) is 3.41. The van der Waals surface area contributed by atoms with Crippen LogP contribution in [0.15, 0.2) is 42.5 Å². The van der Waals surface area contributed by atoms with E-state index in [4.69, 9.17) is 14.2 Å². The molecule has 0 spiro atoms. The van der Waals surface area contributed by atoms with Gasteiger partial charge in [0.2, 0.25) is 0 Å². The maximum Gasteiger partial charge on any atom is 0.261 e. The zero-order valence-corrected chi connectivity index (χ0v) is 17.9. The molecule has 1 aromatic heterocycles. The third kappa shape index (κ3) is 4.68. The van der Waals surface area contributed by atoms with Gasteiger partial charge in [0, 0.05) is 10.4 Å². The third-order valence-corrected chi connectivity index (χ3v) is 5.05. The lowest BCUT2D eigenvalue weighted by Crippen LogP contribution is -2.15. The Kier molecular flexibility index (Phi) is 6.39. The van der Waals surface area contributed by atoms with Crippen LogP contribution in [0.2, 0.25) is 0 Å². The standard InChI is InChI=1S/C22H24N2O4S/c1-13(2)28-17-9-7-6-8-16(17)21(25)24-22-23-20(14(3)29-22)15-10-11-18(26-4)19(12-15)27-5/h6-13H,1-5H3,(H,23,24,25). The first-order valence-electron chi connectivity index (χ1n) is 9.19. The summed E-state index contributed by atoms with van der Waals surface area (Å²) >= 11 is 1.42. The van der Waals surface area contributed by atoms with E-state index in [1.54, 1.807) is 26.4 Å². The van der Waals surface area contributed by atoms with Gasteiger partial charge in [-0.05, 0) is 51.1 Å². The van der Waals surface area contributed by atoms with Crippen LogP contribution in [0, 0.1) is 6.92 Å². The van der Waals surface area contributed by atoms with Crippen molar-refractivity contribution in [1.29, 1.82) is 0 Å². The van der Waals surface area contributed by atoms with Gasteiger partial charge in [-0.2, -0.15) is 0 Å². The molecule has 1 heterocycles. The molecule has 6 nitrogen and oxygen atoms in total. The second kappa shape index (κ2) is 8.96. The number of amides is 1. The van der Waals surface area contributed by atoms with Crippen LogP contribution in [0.4, 0.5) is 5.13 Å². The molecule has 0 radical (unpaired) electrons. The molecule has 2 aromatic carbocycles. The van der Waals surface area contributed by atoms with Gasteiger partial charge in [-0.25, -0.2) is 4.98 Å². The fraction of sp³-hybridized carbons (Fsp3) is 0.273. The zero-order valence-electron chi connectivity index (χ0n) is 17.1. The van der Waals surface area contributed by atoms with Gasteiger partial charge in [-0.1, -0.05) is 12.1 Å². The van der Waals surface area contributed by atoms with E-state index in [1.807, 2.05) is 51.1 Å². The van der Waals surface area contributed by atoms with E-state index in [-0.39, 0.29) is 12.0 Å². The highest BCUT2D eigenvalue weighted by Crippen LogP contribution is 2.36. The lowest BCUT2D eigenvalue weighted by Gasteiger charge is -2.13. The molecule has 152 valence electrons. The largest absolute Gasteiger partial charge is 0.493 e. The Morgan fingerprint density at radius 1 is 1.03 bits per heavy atom. The van der Waals surface area contributed by atoms with Crippen LogP contribution in [0.5, 0.6) is 17.2 Å². The van der Waals surface area contributed by atoms with E-state index < -0.39 is 0 Å². The second-order valence-corrected chi connectivity index (χ2v) is 7.81. The van der Waals surface area contributed by atoms with E-state index in [0.717, 1.165) is 16.1 Å². The summed E-state index contributed by atoms with van der Waals surface area (Å²) in [6, 6.07) is 12.8. The highest BCUT2D eigenvalue weighted by atomic mass is 32.1. The van der Waals surface area contributed by atoms with E-state index in [2.05, 4.69) is 10.3 Å². The first-order chi connectivity index (χ1) is 13.9. The third-order valence-electron chi connectivity index (χ3n) is 4.17. The van der Waals surface area contributed by atoms with Crippen LogP contribution in [0.25, 0.3) is 11.3 Å². The summed E-state index contributed by atoms with van der Waals surface area (Å²) in [5.74, 6) is 1.57. The number of rotatable bonds is 7. The number of hydrogen-bond donors (Lipinski definition) is 1. The molecule has 0 saturated heterocycles. The number of hydrogen-bond acceptors (Lipinski definition) is 6. The molecule has 0 atom stereocenters. The van der Waals surface area contributed by atoms with Gasteiger partial charge in [0.25, 0.3) is 5.91 Å². The molecule has 1 N–H and O–H groups in total. The van der Waals surface area contributed by atoms with Crippen molar-refractivity contribution in [3.8, 4) is 28.5 Å². The second-order valence-electron chi connectivity index (χ2n) is 6.61. The Bertz CT molecular complexity index is 1010. The molecule has 3 rings (SSSR count).